The summed E-state index contributed by atoms with van der Waals surface area (Å²) in [6.07, 6.45) is 4.27. The summed E-state index contributed by atoms with van der Waals surface area (Å²) in [6.45, 7) is 1.07. The summed E-state index contributed by atoms with van der Waals surface area (Å²) < 4.78 is 0. The summed E-state index contributed by atoms with van der Waals surface area (Å²) >= 11 is 0. The number of amides is 1. The van der Waals surface area contributed by atoms with Crippen molar-refractivity contribution in [3.8, 4) is 0 Å². The largest absolute Gasteiger partial charge is 0.349 e. The van der Waals surface area contributed by atoms with Gasteiger partial charge in [-0.2, -0.15) is 0 Å². The van der Waals surface area contributed by atoms with Gasteiger partial charge in [-0.3, -0.25) is 4.79 Å². The molecule has 0 unspecified atom stereocenters. The fourth-order valence-electron chi connectivity index (χ4n) is 2.79. The summed E-state index contributed by atoms with van der Waals surface area (Å²) in [6, 6.07) is 10.9. The molecule has 1 N–H and O–H groups in total. The molecule has 104 valence electrons. The molecule has 0 saturated carbocycles. The van der Waals surface area contributed by atoms with Crippen molar-refractivity contribution in [2.75, 3.05) is 20.6 Å². The number of piperidine rings is 1. The molecule has 1 aromatic carbocycles. The van der Waals surface area contributed by atoms with Crippen LogP contribution in [-0.4, -0.2) is 37.5 Å². The number of nitrogens with zero attached hydrogens (tertiary/aromatic N) is 1. The Balaban J connectivity index is 2.15. The highest BCUT2D eigenvalue weighted by Gasteiger charge is 2.27. The summed E-state index contributed by atoms with van der Waals surface area (Å²) in [5.41, 5.74) is 1.28. The molecule has 1 aliphatic heterocycles. The van der Waals surface area contributed by atoms with Gasteiger partial charge in [-0.05, 0) is 24.9 Å². The predicted molar refractivity (Wildman–Crippen MR) is 78.1 cm³/mol. The Labute approximate surface area is 116 Å². The van der Waals surface area contributed by atoms with Crippen LogP contribution in [-0.2, 0) is 4.79 Å². The van der Waals surface area contributed by atoms with Gasteiger partial charge in [-0.1, -0.05) is 36.8 Å². The van der Waals surface area contributed by atoms with Gasteiger partial charge in [0.15, 0.2) is 0 Å². The van der Waals surface area contributed by atoms with Crippen LogP contribution >= 0.6 is 0 Å². The molecule has 1 saturated heterocycles. The Morgan fingerprint density at radius 2 is 2.05 bits per heavy atom. The van der Waals surface area contributed by atoms with Crippen LogP contribution < -0.4 is 5.32 Å². The minimum atomic E-state index is 0.209. The molecule has 1 amide bonds. The lowest BCUT2D eigenvalue weighted by molar-refractivity contribution is -0.129. The van der Waals surface area contributed by atoms with Gasteiger partial charge in [-0.15, -0.1) is 0 Å². The average Bonchev–Trinajstić information content (AvgIpc) is 2.46. The van der Waals surface area contributed by atoms with Gasteiger partial charge in [0.25, 0.3) is 0 Å². The van der Waals surface area contributed by atoms with Crippen LogP contribution in [0.5, 0.6) is 0 Å². The molecule has 1 fully saturated rings. The van der Waals surface area contributed by atoms with E-state index in [0.717, 1.165) is 6.54 Å². The van der Waals surface area contributed by atoms with Crippen LogP contribution in [0, 0.1) is 0 Å². The zero-order chi connectivity index (χ0) is 13.7. The van der Waals surface area contributed by atoms with Crippen molar-refractivity contribution in [3.63, 3.8) is 0 Å². The van der Waals surface area contributed by atoms with Gasteiger partial charge < -0.3 is 10.2 Å². The number of carbonyl (C=O) groups excluding carboxylic acids is 1. The van der Waals surface area contributed by atoms with Crippen molar-refractivity contribution in [2.24, 2.45) is 0 Å². The molecule has 3 heteroatoms. The Morgan fingerprint density at radius 1 is 1.32 bits per heavy atom. The monoisotopic (exact) mass is 260 g/mol. The van der Waals surface area contributed by atoms with Gasteiger partial charge in [0.05, 0.1) is 0 Å². The fraction of sp³-hybridized carbons (Fsp3) is 0.562. The molecule has 2 atom stereocenters. The van der Waals surface area contributed by atoms with Crippen LogP contribution in [0.4, 0.5) is 0 Å². The quantitative estimate of drug-likeness (QED) is 0.901. The maximum absolute atomic E-state index is 12.1. The second-order valence-electron chi connectivity index (χ2n) is 5.57. The second kappa shape index (κ2) is 6.71. The number of nitrogens with one attached hydrogen (secondary N) is 1. The van der Waals surface area contributed by atoms with Crippen molar-refractivity contribution >= 4 is 5.91 Å². The smallest absolute Gasteiger partial charge is 0.222 e. The average molecular weight is 260 g/mol. The second-order valence-corrected chi connectivity index (χ2v) is 5.57. The first-order chi connectivity index (χ1) is 9.18. The van der Waals surface area contributed by atoms with E-state index in [1.165, 1.54) is 24.8 Å². The van der Waals surface area contributed by atoms with Crippen molar-refractivity contribution < 1.29 is 4.79 Å². The third kappa shape index (κ3) is 3.80. The topological polar surface area (TPSA) is 32.3 Å². The van der Waals surface area contributed by atoms with E-state index in [0.29, 0.717) is 12.5 Å². The Bertz CT molecular complexity index is 396. The number of hydrogen-bond acceptors (Lipinski definition) is 2. The summed E-state index contributed by atoms with van der Waals surface area (Å²) in [4.78, 5) is 13.8. The van der Waals surface area contributed by atoms with E-state index in [1.54, 1.807) is 4.90 Å². The van der Waals surface area contributed by atoms with E-state index in [9.17, 15) is 4.79 Å². The van der Waals surface area contributed by atoms with Gasteiger partial charge in [0.1, 0.15) is 0 Å². The Morgan fingerprint density at radius 3 is 2.63 bits per heavy atom. The van der Waals surface area contributed by atoms with Crippen LogP contribution in [0.2, 0.25) is 0 Å². The molecule has 0 aromatic heterocycles. The standard InChI is InChI=1S/C16H24N2O/c1-18(2)16(19)12-14(13-8-4-3-5-9-13)15-10-6-7-11-17-15/h3-5,8-9,14-15,17H,6-7,10-12H2,1-2H3/t14-,15+/m1/s1. The van der Waals surface area contributed by atoms with Crippen molar-refractivity contribution in [2.45, 2.75) is 37.6 Å². The molecule has 0 aliphatic carbocycles. The molecule has 0 spiro atoms. The van der Waals surface area contributed by atoms with E-state index in [4.69, 9.17) is 0 Å². The normalized spacial score (nSPS) is 20.8. The zero-order valence-electron chi connectivity index (χ0n) is 11.9. The highest BCUT2D eigenvalue weighted by molar-refractivity contribution is 5.76. The highest BCUT2D eigenvalue weighted by atomic mass is 16.2. The number of carbonyl (C=O) groups is 1. The van der Waals surface area contributed by atoms with Gasteiger partial charge >= 0.3 is 0 Å². The molecule has 1 heterocycles. The molecule has 1 aromatic rings. The van der Waals surface area contributed by atoms with Crippen molar-refractivity contribution in [3.05, 3.63) is 35.9 Å². The lowest BCUT2D eigenvalue weighted by Gasteiger charge is -2.32. The number of rotatable bonds is 4. The Kier molecular flexibility index (Phi) is 4.97. The van der Waals surface area contributed by atoms with Crippen molar-refractivity contribution in [1.82, 2.24) is 10.2 Å². The van der Waals surface area contributed by atoms with Crippen molar-refractivity contribution in [1.29, 1.82) is 0 Å². The number of hydrogen-bond donors (Lipinski definition) is 1. The maximum atomic E-state index is 12.1. The fourth-order valence-corrected chi connectivity index (χ4v) is 2.79. The van der Waals surface area contributed by atoms with Gasteiger partial charge in [-0.25, -0.2) is 0 Å². The molecule has 0 radical (unpaired) electrons. The van der Waals surface area contributed by atoms with Crippen LogP contribution in [0.1, 0.15) is 37.2 Å². The molecule has 3 nitrogen and oxygen atoms in total. The maximum Gasteiger partial charge on any atom is 0.222 e. The van der Waals surface area contributed by atoms with E-state index < -0.39 is 0 Å². The minimum absolute atomic E-state index is 0.209. The van der Waals surface area contributed by atoms with Gasteiger partial charge in [0.2, 0.25) is 5.91 Å². The third-order valence-corrected chi connectivity index (χ3v) is 3.96. The molecular weight excluding hydrogens is 236 g/mol. The first-order valence-electron chi connectivity index (χ1n) is 7.17. The molecule has 19 heavy (non-hydrogen) atoms. The summed E-state index contributed by atoms with van der Waals surface area (Å²) in [5.74, 6) is 0.498. The Hall–Kier alpha value is -1.35. The number of benzene rings is 1. The van der Waals surface area contributed by atoms with E-state index in [2.05, 4.69) is 29.6 Å². The first kappa shape index (κ1) is 14.1. The minimum Gasteiger partial charge on any atom is -0.349 e. The van der Waals surface area contributed by atoms with E-state index in [-0.39, 0.29) is 11.8 Å². The lowest BCUT2D eigenvalue weighted by atomic mass is 9.84. The third-order valence-electron chi connectivity index (χ3n) is 3.96. The van der Waals surface area contributed by atoms with E-state index in [1.807, 2.05) is 20.2 Å². The van der Waals surface area contributed by atoms with Gasteiger partial charge in [0, 0.05) is 32.5 Å². The summed E-state index contributed by atoms with van der Waals surface area (Å²) in [7, 11) is 3.66. The zero-order valence-corrected chi connectivity index (χ0v) is 11.9. The van der Waals surface area contributed by atoms with E-state index >= 15 is 0 Å². The predicted octanol–water partition coefficient (Wildman–Crippen LogP) is 2.39. The molecule has 0 bridgehead atoms. The summed E-state index contributed by atoms with van der Waals surface area (Å²) in [5, 5.41) is 3.59. The first-order valence-corrected chi connectivity index (χ1v) is 7.17. The molecule has 2 rings (SSSR count). The highest BCUT2D eigenvalue weighted by Crippen LogP contribution is 2.28. The van der Waals surface area contributed by atoms with Crippen LogP contribution in [0.15, 0.2) is 30.3 Å². The molecule has 1 aliphatic rings. The molecular formula is C16H24N2O. The lowest BCUT2D eigenvalue weighted by Crippen LogP contribution is -2.40. The van der Waals surface area contributed by atoms with Crippen LogP contribution in [0.3, 0.4) is 0 Å². The SMILES string of the molecule is CN(C)C(=O)C[C@H](c1ccccc1)[C@@H]1CCCCN1. The van der Waals surface area contributed by atoms with Crippen LogP contribution in [0.25, 0.3) is 0 Å².